The maximum Gasteiger partial charge on any atom is 0.291 e. The Morgan fingerprint density at radius 2 is 1.93 bits per heavy atom. The van der Waals surface area contributed by atoms with Crippen LogP contribution in [-0.4, -0.2) is 54.1 Å². The highest BCUT2D eigenvalue weighted by atomic mass is 16.5. The van der Waals surface area contributed by atoms with E-state index < -0.39 is 0 Å². The van der Waals surface area contributed by atoms with Crippen molar-refractivity contribution >= 4 is 28.4 Å². The maximum atomic E-state index is 13.4. The molecule has 8 heteroatoms. The minimum atomic E-state index is -0.296. The SMILES string of the molecule is COCCCn1c(C2CCCN(C(=O)CC(N)Cc3ccc(NC(=O)c4ccco4)cc3)C2)c(C)c2ccccc21. The number of piperidine rings is 1. The van der Waals surface area contributed by atoms with Gasteiger partial charge in [0.05, 0.1) is 6.26 Å². The highest BCUT2D eigenvalue weighted by Gasteiger charge is 2.29. The summed E-state index contributed by atoms with van der Waals surface area (Å²) >= 11 is 0. The first kappa shape index (κ1) is 28.6. The van der Waals surface area contributed by atoms with Gasteiger partial charge < -0.3 is 29.7 Å². The van der Waals surface area contributed by atoms with Crippen LogP contribution in [0.2, 0.25) is 0 Å². The molecule has 216 valence electrons. The largest absolute Gasteiger partial charge is 0.459 e. The summed E-state index contributed by atoms with van der Waals surface area (Å²) in [6, 6.07) is 19.2. The Labute approximate surface area is 241 Å². The molecule has 0 spiro atoms. The van der Waals surface area contributed by atoms with E-state index in [0.29, 0.717) is 24.4 Å². The number of amides is 2. The Balaban J connectivity index is 1.20. The molecule has 1 aliphatic heterocycles. The Bertz CT molecular complexity index is 1460. The molecule has 2 atom stereocenters. The van der Waals surface area contributed by atoms with Gasteiger partial charge in [0.2, 0.25) is 5.91 Å². The van der Waals surface area contributed by atoms with Crippen molar-refractivity contribution < 1.29 is 18.7 Å². The molecule has 5 rings (SSSR count). The van der Waals surface area contributed by atoms with Crippen molar-refractivity contribution in [2.75, 3.05) is 32.1 Å². The quantitative estimate of drug-likeness (QED) is 0.238. The topological polar surface area (TPSA) is 103 Å². The number of nitrogens with zero attached hydrogens (tertiary/aromatic N) is 2. The number of furan rings is 1. The van der Waals surface area contributed by atoms with Gasteiger partial charge in [0.1, 0.15) is 0 Å². The molecule has 4 aromatic rings. The molecular weight excluding hydrogens is 516 g/mol. The number of carbonyl (C=O) groups excluding carboxylic acids is 2. The lowest BCUT2D eigenvalue weighted by Gasteiger charge is -2.34. The molecule has 3 heterocycles. The van der Waals surface area contributed by atoms with Gasteiger partial charge >= 0.3 is 0 Å². The van der Waals surface area contributed by atoms with E-state index in [9.17, 15) is 9.59 Å². The standard InChI is InChI=1S/C33H40N4O4/c1-23-28-9-3-4-10-29(28)37(17-7-18-40-2)32(23)25-8-5-16-36(22-25)31(38)21-26(34)20-24-12-14-27(15-13-24)35-33(39)30-11-6-19-41-30/h3-4,6,9-15,19,25-26H,5,7-8,16-18,20-22,34H2,1-2H3,(H,35,39). The molecule has 2 amide bonds. The number of fused-ring (bicyclic) bond motifs is 1. The summed E-state index contributed by atoms with van der Waals surface area (Å²) in [6.45, 7) is 5.33. The number of benzene rings is 2. The second kappa shape index (κ2) is 13.2. The molecule has 2 aromatic heterocycles. The van der Waals surface area contributed by atoms with Crippen molar-refractivity contribution in [2.24, 2.45) is 5.73 Å². The smallest absolute Gasteiger partial charge is 0.291 e. The number of aryl methyl sites for hydroxylation is 2. The van der Waals surface area contributed by atoms with E-state index in [1.54, 1.807) is 19.2 Å². The van der Waals surface area contributed by atoms with E-state index in [2.05, 4.69) is 41.1 Å². The normalized spacial score (nSPS) is 16.2. The first-order valence-electron chi connectivity index (χ1n) is 14.5. The summed E-state index contributed by atoms with van der Waals surface area (Å²) in [5.74, 6) is 0.375. The van der Waals surface area contributed by atoms with Gasteiger partial charge in [0.15, 0.2) is 5.76 Å². The fourth-order valence-corrected chi connectivity index (χ4v) is 6.11. The first-order valence-corrected chi connectivity index (χ1v) is 14.5. The van der Waals surface area contributed by atoms with E-state index in [1.165, 1.54) is 28.4 Å². The number of anilines is 1. The van der Waals surface area contributed by atoms with Crippen LogP contribution >= 0.6 is 0 Å². The lowest BCUT2D eigenvalue weighted by molar-refractivity contribution is -0.132. The molecule has 8 nitrogen and oxygen atoms in total. The van der Waals surface area contributed by atoms with Crippen molar-refractivity contribution in [2.45, 2.75) is 57.5 Å². The minimum absolute atomic E-state index is 0.115. The van der Waals surface area contributed by atoms with Crippen LogP contribution in [0.1, 0.15) is 59.0 Å². The summed E-state index contributed by atoms with van der Waals surface area (Å²) in [5, 5.41) is 4.10. The van der Waals surface area contributed by atoms with Gasteiger partial charge in [-0.15, -0.1) is 0 Å². The number of rotatable bonds is 11. The molecule has 0 saturated carbocycles. The van der Waals surface area contributed by atoms with Crippen molar-refractivity contribution in [3.8, 4) is 0 Å². The average molecular weight is 557 g/mol. The van der Waals surface area contributed by atoms with Crippen molar-refractivity contribution in [1.29, 1.82) is 0 Å². The van der Waals surface area contributed by atoms with Crippen LogP contribution in [0.5, 0.6) is 0 Å². The predicted molar refractivity (Wildman–Crippen MR) is 161 cm³/mol. The van der Waals surface area contributed by atoms with E-state index in [4.69, 9.17) is 14.9 Å². The molecule has 41 heavy (non-hydrogen) atoms. The third-order valence-corrected chi connectivity index (χ3v) is 8.06. The molecule has 2 unspecified atom stereocenters. The number of methoxy groups -OCH3 is 1. The van der Waals surface area contributed by atoms with Crippen molar-refractivity contribution in [1.82, 2.24) is 9.47 Å². The molecule has 3 N–H and O–H groups in total. The van der Waals surface area contributed by atoms with Gasteiger partial charge in [0, 0.05) is 74.0 Å². The molecule has 1 aliphatic rings. The van der Waals surface area contributed by atoms with Crippen LogP contribution in [0.4, 0.5) is 5.69 Å². The number of likely N-dealkylation sites (tertiary alicyclic amines) is 1. The fraction of sp³-hybridized carbons (Fsp3) is 0.394. The van der Waals surface area contributed by atoms with E-state index in [0.717, 1.165) is 51.1 Å². The number of hydrogen-bond acceptors (Lipinski definition) is 5. The van der Waals surface area contributed by atoms with Crippen molar-refractivity contribution in [3.05, 3.63) is 89.5 Å². The number of aromatic nitrogens is 1. The first-order chi connectivity index (χ1) is 19.9. The van der Waals surface area contributed by atoms with E-state index in [-0.39, 0.29) is 23.6 Å². The second-order valence-corrected chi connectivity index (χ2v) is 11.0. The number of nitrogens with one attached hydrogen (secondary N) is 1. The number of nitrogens with two attached hydrogens (primary N) is 1. The summed E-state index contributed by atoms with van der Waals surface area (Å²) in [5.41, 5.74) is 12.1. The molecule has 1 saturated heterocycles. The van der Waals surface area contributed by atoms with Crippen LogP contribution in [0, 0.1) is 6.92 Å². The molecular formula is C33H40N4O4. The van der Waals surface area contributed by atoms with Gasteiger partial charge in [-0.3, -0.25) is 9.59 Å². The number of para-hydroxylation sites is 1. The molecule has 2 aromatic carbocycles. The fourth-order valence-electron chi connectivity index (χ4n) is 6.11. The Hall–Kier alpha value is -3.88. The van der Waals surface area contributed by atoms with Crippen LogP contribution < -0.4 is 11.1 Å². The lowest BCUT2D eigenvalue weighted by Crippen LogP contribution is -2.42. The Kier molecular flexibility index (Phi) is 9.21. The zero-order valence-corrected chi connectivity index (χ0v) is 24.0. The maximum absolute atomic E-state index is 13.4. The predicted octanol–water partition coefficient (Wildman–Crippen LogP) is 5.50. The molecule has 1 fully saturated rings. The lowest BCUT2D eigenvalue weighted by atomic mass is 9.91. The monoisotopic (exact) mass is 556 g/mol. The average Bonchev–Trinajstić information content (AvgIpc) is 3.62. The van der Waals surface area contributed by atoms with Crippen molar-refractivity contribution in [3.63, 3.8) is 0 Å². The van der Waals surface area contributed by atoms with Gasteiger partial charge in [0.25, 0.3) is 5.91 Å². The Morgan fingerprint density at radius 3 is 2.68 bits per heavy atom. The highest BCUT2D eigenvalue weighted by molar-refractivity contribution is 6.02. The zero-order chi connectivity index (χ0) is 28.8. The Morgan fingerprint density at radius 1 is 1.12 bits per heavy atom. The van der Waals surface area contributed by atoms with E-state index in [1.807, 2.05) is 29.2 Å². The molecule has 0 bridgehead atoms. The zero-order valence-electron chi connectivity index (χ0n) is 24.0. The third-order valence-electron chi connectivity index (χ3n) is 8.06. The van der Waals surface area contributed by atoms with Crippen LogP contribution in [0.15, 0.2) is 71.3 Å². The van der Waals surface area contributed by atoms with E-state index >= 15 is 0 Å². The molecule has 0 radical (unpaired) electrons. The summed E-state index contributed by atoms with van der Waals surface area (Å²) < 4.78 is 12.9. The summed E-state index contributed by atoms with van der Waals surface area (Å²) in [6.07, 6.45) is 5.36. The number of ether oxygens (including phenoxy) is 1. The number of hydrogen-bond donors (Lipinski definition) is 2. The van der Waals surface area contributed by atoms with Crippen LogP contribution in [-0.2, 0) is 22.5 Å². The minimum Gasteiger partial charge on any atom is -0.459 e. The highest BCUT2D eigenvalue weighted by Crippen LogP contribution is 2.36. The van der Waals surface area contributed by atoms with Gasteiger partial charge in [-0.1, -0.05) is 30.3 Å². The third kappa shape index (κ3) is 6.72. The number of carbonyl (C=O) groups is 2. The van der Waals surface area contributed by atoms with Gasteiger partial charge in [-0.2, -0.15) is 0 Å². The van der Waals surface area contributed by atoms with Gasteiger partial charge in [-0.25, -0.2) is 0 Å². The summed E-state index contributed by atoms with van der Waals surface area (Å²) in [7, 11) is 1.74. The summed E-state index contributed by atoms with van der Waals surface area (Å²) in [4.78, 5) is 27.6. The van der Waals surface area contributed by atoms with Crippen LogP contribution in [0.3, 0.4) is 0 Å². The molecule has 0 aliphatic carbocycles. The second-order valence-electron chi connectivity index (χ2n) is 11.0. The van der Waals surface area contributed by atoms with Crippen LogP contribution in [0.25, 0.3) is 10.9 Å². The van der Waals surface area contributed by atoms with Gasteiger partial charge in [-0.05, 0) is 74.1 Å².